The highest BCUT2D eigenvalue weighted by Crippen LogP contribution is 2.37. The molecule has 1 aliphatic rings. The first-order chi connectivity index (χ1) is 21.3. The van der Waals surface area contributed by atoms with Gasteiger partial charge in [0.25, 0.3) is 5.91 Å². The molecule has 0 saturated carbocycles. The highest BCUT2D eigenvalue weighted by molar-refractivity contribution is 7.17. The van der Waals surface area contributed by atoms with Gasteiger partial charge in [-0.2, -0.15) is 0 Å². The van der Waals surface area contributed by atoms with Gasteiger partial charge in [-0.3, -0.25) is 14.4 Å². The van der Waals surface area contributed by atoms with E-state index < -0.39 is 29.1 Å². The third kappa shape index (κ3) is 9.80. The number of carbonyl (C=O) groups excluding carboxylic acids is 5. The largest absolute Gasteiger partial charge is 0.412 e. The van der Waals surface area contributed by atoms with Gasteiger partial charge in [0.1, 0.15) is 4.88 Å². The molecule has 0 radical (unpaired) electrons. The molecular weight excluding hydrogens is 614 g/mol. The van der Waals surface area contributed by atoms with Crippen LogP contribution in [-0.2, 0) is 31.9 Å². The molecule has 0 bridgehead atoms. The Bertz CT molecular complexity index is 1440. The number of alkyl carbamates (subject to hydrolysis) is 1. The summed E-state index contributed by atoms with van der Waals surface area (Å²) in [7, 11) is 0. The lowest BCUT2D eigenvalue weighted by Gasteiger charge is -2.42. The van der Waals surface area contributed by atoms with E-state index in [1.165, 1.54) is 13.8 Å². The van der Waals surface area contributed by atoms with Crippen LogP contribution in [0.25, 0.3) is 0 Å². The van der Waals surface area contributed by atoms with Crippen LogP contribution < -0.4 is 21.7 Å². The molecule has 1 saturated heterocycles. The highest BCUT2D eigenvalue weighted by atomic mass is 32.1. The van der Waals surface area contributed by atoms with E-state index in [9.17, 15) is 24.0 Å². The quantitative estimate of drug-likeness (QED) is 0.290. The molecule has 1 aromatic heterocycles. The Kier molecular flexibility index (Phi) is 11.3. The number of hydrogen-bond acceptors (Lipinski definition) is 10. The lowest BCUT2D eigenvalue weighted by molar-refractivity contribution is -0.202. The van der Waals surface area contributed by atoms with Crippen molar-refractivity contribution in [2.45, 2.75) is 79.7 Å². The summed E-state index contributed by atoms with van der Waals surface area (Å²) >= 11 is 1.13. The molecule has 3 rings (SSSR count). The predicted octanol–water partition coefficient (Wildman–Crippen LogP) is 3.92. The van der Waals surface area contributed by atoms with Crippen molar-refractivity contribution in [2.75, 3.05) is 36.8 Å². The summed E-state index contributed by atoms with van der Waals surface area (Å²) in [5.41, 5.74) is 5.81. The van der Waals surface area contributed by atoms with E-state index in [1.807, 2.05) is 12.1 Å². The number of benzene rings is 1. The first-order valence-corrected chi connectivity index (χ1v) is 15.8. The Morgan fingerprint density at radius 1 is 0.891 bits per heavy atom. The van der Waals surface area contributed by atoms with Crippen molar-refractivity contribution >= 4 is 52.1 Å². The summed E-state index contributed by atoms with van der Waals surface area (Å²) in [5, 5.41) is 8.76. The zero-order valence-corrected chi connectivity index (χ0v) is 28.6. The predicted molar refractivity (Wildman–Crippen MR) is 174 cm³/mol. The maximum Gasteiger partial charge on any atom is 0.412 e. The molecule has 2 heterocycles. The Balaban J connectivity index is 1.79. The van der Waals surface area contributed by atoms with Crippen molar-refractivity contribution in [1.29, 1.82) is 0 Å². The van der Waals surface area contributed by atoms with Gasteiger partial charge in [0.05, 0.1) is 11.1 Å². The van der Waals surface area contributed by atoms with Crippen LogP contribution in [0, 0.1) is 5.41 Å². The van der Waals surface area contributed by atoms with Gasteiger partial charge in [-0.05, 0) is 51.3 Å². The number of carbonyl (C=O) groups is 5. The molecule has 252 valence electrons. The Morgan fingerprint density at radius 2 is 1.48 bits per heavy atom. The SMILES string of the molecule is CC(=O)Nc1nc(CCc2ccc(NC(OC(N)=O)(OC(=O)NC(C)(C)C)C(C)(C)C)cc2)c(C(=O)N2CCN(C(C)=O)CC2)s1. The summed E-state index contributed by atoms with van der Waals surface area (Å²) in [6.45, 7) is 15.2. The standard InChI is InChI=1S/C31H45N7O7S/c1-19(39)33-27-34-23(24(46-27)25(41)38-17-15-37(16-18-38)20(2)40)14-11-21-9-12-22(13-10-21)35-31(29(3,4)5,44-26(32)42)45-28(43)36-30(6,7)8/h9-10,12-13,35H,11,14-18H2,1-8H3,(H2,32,42)(H,36,43)(H,33,34,39). The van der Waals surface area contributed by atoms with Gasteiger partial charge < -0.3 is 41.0 Å². The fourth-order valence-electron chi connectivity index (χ4n) is 4.64. The third-order valence-corrected chi connectivity index (χ3v) is 8.05. The van der Waals surface area contributed by atoms with Gasteiger partial charge in [-0.15, -0.1) is 0 Å². The number of anilines is 2. The zero-order valence-electron chi connectivity index (χ0n) is 27.7. The number of rotatable bonds is 9. The van der Waals surface area contributed by atoms with E-state index in [2.05, 4.69) is 20.9 Å². The molecule has 15 heteroatoms. The van der Waals surface area contributed by atoms with E-state index in [-0.39, 0.29) is 17.7 Å². The molecule has 5 N–H and O–H groups in total. The van der Waals surface area contributed by atoms with E-state index >= 15 is 0 Å². The maximum atomic E-state index is 13.5. The van der Waals surface area contributed by atoms with Crippen molar-refractivity contribution in [3.05, 3.63) is 40.4 Å². The smallest absolute Gasteiger partial charge is 0.387 e. The number of ether oxygens (including phenoxy) is 2. The van der Waals surface area contributed by atoms with Gasteiger partial charge in [-0.1, -0.05) is 44.2 Å². The normalized spacial score (nSPS) is 15.0. The monoisotopic (exact) mass is 659 g/mol. The molecule has 1 aromatic carbocycles. The molecule has 1 unspecified atom stereocenters. The van der Waals surface area contributed by atoms with Gasteiger partial charge in [-0.25, -0.2) is 14.6 Å². The van der Waals surface area contributed by atoms with Crippen LogP contribution in [0.4, 0.5) is 20.4 Å². The number of nitrogens with two attached hydrogens (primary N) is 1. The molecule has 5 amide bonds. The Labute approximate surface area is 273 Å². The topological polar surface area (TPSA) is 185 Å². The second kappa shape index (κ2) is 14.4. The average Bonchev–Trinajstić information content (AvgIpc) is 3.31. The number of piperazine rings is 1. The molecule has 46 heavy (non-hydrogen) atoms. The van der Waals surface area contributed by atoms with Crippen LogP contribution in [0.2, 0.25) is 0 Å². The van der Waals surface area contributed by atoms with E-state index in [1.54, 1.807) is 63.5 Å². The molecule has 1 atom stereocenters. The summed E-state index contributed by atoms with van der Waals surface area (Å²) in [6, 6.07) is 7.18. The van der Waals surface area contributed by atoms with Gasteiger partial charge >= 0.3 is 18.1 Å². The molecule has 1 fully saturated rings. The number of thiazole rings is 1. The molecular formula is C31H45N7O7S. The minimum atomic E-state index is -1.94. The van der Waals surface area contributed by atoms with E-state index in [4.69, 9.17) is 15.2 Å². The van der Waals surface area contributed by atoms with Gasteiger partial charge in [0.2, 0.25) is 11.8 Å². The minimum Gasteiger partial charge on any atom is -0.387 e. The second-order valence-corrected chi connectivity index (χ2v) is 14.1. The number of hydrogen-bond donors (Lipinski definition) is 4. The van der Waals surface area contributed by atoms with E-state index in [0.29, 0.717) is 60.4 Å². The summed E-state index contributed by atoms with van der Waals surface area (Å²) in [4.78, 5) is 70.0. The van der Waals surface area contributed by atoms with E-state index in [0.717, 1.165) is 16.9 Å². The zero-order chi connectivity index (χ0) is 34.4. The van der Waals surface area contributed by atoms with Crippen LogP contribution >= 0.6 is 11.3 Å². The number of aryl methyl sites for hydroxylation is 2. The number of aromatic nitrogens is 1. The third-order valence-electron chi connectivity index (χ3n) is 7.05. The van der Waals surface area contributed by atoms with Crippen molar-refractivity contribution in [3.8, 4) is 0 Å². The average molecular weight is 660 g/mol. The lowest BCUT2D eigenvalue weighted by atomic mass is 9.90. The summed E-state index contributed by atoms with van der Waals surface area (Å²) < 4.78 is 11.1. The van der Waals surface area contributed by atoms with Crippen LogP contribution in [-0.4, -0.2) is 82.3 Å². The maximum absolute atomic E-state index is 13.5. The summed E-state index contributed by atoms with van der Waals surface area (Å²) in [5.74, 6) is -2.44. The number of amides is 5. The van der Waals surface area contributed by atoms with Crippen LogP contribution in [0.5, 0.6) is 0 Å². The fraction of sp³-hybridized carbons (Fsp3) is 0.548. The lowest BCUT2D eigenvalue weighted by Crippen LogP contribution is -2.59. The number of primary amides is 1. The highest BCUT2D eigenvalue weighted by Gasteiger charge is 2.50. The van der Waals surface area contributed by atoms with Crippen molar-refractivity contribution in [2.24, 2.45) is 11.1 Å². The molecule has 0 aliphatic carbocycles. The Hall–Kier alpha value is -4.40. The van der Waals surface area contributed by atoms with Crippen LogP contribution in [0.3, 0.4) is 0 Å². The molecule has 1 aliphatic heterocycles. The van der Waals surface area contributed by atoms with Gasteiger partial charge in [0.15, 0.2) is 5.13 Å². The first kappa shape index (κ1) is 36.1. The molecule has 14 nitrogen and oxygen atoms in total. The molecule has 2 aromatic rings. The summed E-state index contributed by atoms with van der Waals surface area (Å²) in [6.07, 6.45) is -0.991. The number of nitrogens with zero attached hydrogens (tertiary/aromatic N) is 3. The van der Waals surface area contributed by atoms with Gasteiger partial charge in [0, 0.05) is 51.3 Å². The Morgan fingerprint density at radius 3 is 1.98 bits per heavy atom. The van der Waals surface area contributed by atoms with Crippen molar-refractivity contribution in [1.82, 2.24) is 20.1 Å². The number of nitrogens with one attached hydrogen (secondary N) is 3. The van der Waals surface area contributed by atoms with Crippen molar-refractivity contribution < 1.29 is 33.4 Å². The fourth-order valence-corrected chi connectivity index (χ4v) is 5.66. The molecule has 0 spiro atoms. The van der Waals surface area contributed by atoms with Crippen LogP contribution in [0.15, 0.2) is 24.3 Å². The van der Waals surface area contributed by atoms with Crippen LogP contribution in [0.1, 0.15) is 76.3 Å². The van der Waals surface area contributed by atoms with Crippen molar-refractivity contribution in [3.63, 3.8) is 0 Å². The first-order valence-electron chi connectivity index (χ1n) is 15.0. The second-order valence-electron chi connectivity index (χ2n) is 13.1. The minimum absolute atomic E-state index is 0.0252.